The largest absolute Gasteiger partial charge is 0.487 e. The predicted octanol–water partition coefficient (Wildman–Crippen LogP) is 4.72. The monoisotopic (exact) mass is 326 g/mol. The SMILES string of the molecule is CC(C)=CCC[C@]1(C)Oc2cc(C)cc3c2[C@@H]2[C@H]1CCC(=O)[C@@H]2O3. The van der Waals surface area contributed by atoms with Gasteiger partial charge in [0.2, 0.25) is 0 Å². The molecule has 1 saturated carbocycles. The Bertz CT molecular complexity index is 729. The summed E-state index contributed by atoms with van der Waals surface area (Å²) in [5.74, 6) is 2.57. The van der Waals surface area contributed by atoms with Crippen LogP contribution in [0.3, 0.4) is 0 Å². The summed E-state index contributed by atoms with van der Waals surface area (Å²) in [6.07, 6.45) is 5.48. The Balaban J connectivity index is 1.76. The van der Waals surface area contributed by atoms with Gasteiger partial charge in [-0.25, -0.2) is 0 Å². The summed E-state index contributed by atoms with van der Waals surface area (Å²) in [5, 5.41) is 0. The van der Waals surface area contributed by atoms with Crippen molar-refractivity contribution in [2.24, 2.45) is 5.92 Å². The number of allylic oxidation sites excluding steroid dienone is 2. The molecule has 0 saturated heterocycles. The summed E-state index contributed by atoms with van der Waals surface area (Å²) >= 11 is 0. The van der Waals surface area contributed by atoms with Crippen LogP contribution in [0, 0.1) is 12.8 Å². The van der Waals surface area contributed by atoms with Gasteiger partial charge < -0.3 is 9.47 Å². The molecule has 1 aromatic carbocycles. The third-order valence-corrected chi connectivity index (χ3v) is 5.94. The molecule has 0 amide bonds. The van der Waals surface area contributed by atoms with Gasteiger partial charge in [0.25, 0.3) is 0 Å². The molecule has 0 radical (unpaired) electrons. The summed E-state index contributed by atoms with van der Waals surface area (Å²) in [6, 6.07) is 4.16. The first kappa shape index (κ1) is 15.7. The lowest BCUT2D eigenvalue weighted by Gasteiger charge is -2.48. The van der Waals surface area contributed by atoms with Crippen LogP contribution in [0.5, 0.6) is 11.5 Å². The minimum atomic E-state index is -0.300. The van der Waals surface area contributed by atoms with Crippen LogP contribution in [0.4, 0.5) is 0 Å². The van der Waals surface area contributed by atoms with E-state index in [-0.39, 0.29) is 23.4 Å². The summed E-state index contributed by atoms with van der Waals surface area (Å²) < 4.78 is 12.7. The minimum absolute atomic E-state index is 0.169. The molecule has 0 N–H and O–H groups in total. The lowest BCUT2D eigenvalue weighted by atomic mass is 9.64. The number of ether oxygens (including phenoxy) is 2. The second kappa shape index (κ2) is 5.37. The topological polar surface area (TPSA) is 35.5 Å². The van der Waals surface area contributed by atoms with Gasteiger partial charge in [0.05, 0.1) is 0 Å². The zero-order valence-corrected chi connectivity index (χ0v) is 15.0. The van der Waals surface area contributed by atoms with E-state index in [4.69, 9.17) is 9.47 Å². The molecule has 0 unspecified atom stereocenters. The normalized spacial score (nSPS) is 32.7. The van der Waals surface area contributed by atoms with Crippen LogP contribution < -0.4 is 9.47 Å². The van der Waals surface area contributed by atoms with Crippen LogP contribution in [-0.2, 0) is 4.79 Å². The number of rotatable bonds is 3. The highest BCUT2D eigenvalue weighted by Gasteiger charge is 2.57. The van der Waals surface area contributed by atoms with Crippen molar-refractivity contribution in [2.75, 3.05) is 0 Å². The fourth-order valence-corrected chi connectivity index (χ4v) is 4.80. The van der Waals surface area contributed by atoms with Crippen molar-refractivity contribution in [1.29, 1.82) is 0 Å². The van der Waals surface area contributed by atoms with Gasteiger partial charge in [-0.1, -0.05) is 11.6 Å². The Morgan fingerprint density at radius 2 is 2.08 bits per heavy atom. The molecule has 0 spiro atoms. The summed E-state index contributed by atoms with van der Waals surface area (Å²) in [7, 11) is 0. The number of carbonyl (C=O) groups is 1. The van der Waals surface area contributed by atoms with Gasteiger partial charge in [-0.2, -0.15) is 0 Å². The molecule has 0 bridgehead atoms. The fourth-order valence-electron chi connectivity index (χ4n) is 4.80. The van der Waals surface area contributed by atoms with Crippen LogP contribution in [0.25, 0.3) is 0 Å². The van der Waals surface area contributed by atoms with Crippen LogP contribution in [0.15, 0.2) is 23.8 Å². The maximum absolute atomic E-state index is 12.4. The zero-order valence-electron chi connectivity index (χ0n) is 15.0. The van der Waals surface area contributed by atoms with Gasteiger partial charge >= 0.3 is 0 Å². The van der Waals surface area contributed by atoms with Gasteiger partial charge in [-0.05, 0) is 64.7 Å². The molecule has 2 aliphatic heterocycles. The molecule has 1 fully saturated rings. The summed E-state index contributed by atoms with van der Waals surface area (Å²) in [5.41, 5.74) is 3.37. The Hall–Kier alpha value is -1.77. The van der Waals surface area contributed by atoms with E-state index in [0.29, 0.717) is 12.3 Å². The molecule has 3 heteroatoms. The Morgan fingerprint density at radius 3 is 2.83 bits per heavy atom. The molecule has 3 nitrogen and oxygen atoms in total. The van der Waals surface area contributed by atoms with Crippen LogP contribution in [-0.4, -0.2) is 17.5 Å². The number of Topliss-reactive ketones (excluding diaryl/α,β-unsaturated/α-hetero) is 1. The van der Waals surface area contributed by atoms with Gasteiger partial charge in [0.1, 0.15) is 17.1 Å². The molecular formula is C21H26O3. The second-order valence-corrected chi connectivity index (χ2v) is 8.09. The lowest BCUT2D eigenvalue weighted by Crippen LogP contribution is -2.52. The van der Waals surface area contributed by atoms with Crippen molar-refractivity contribution in [2.45, 2.75) is 71.0 Å². The van der Waals surface area contributed by atoms with Crippen LogP contribution in [0.2, 0.25) is 0 Å². The van der Waals surface area contributed by atoms with Crippen molar-refractivity contribution in [3.05, 3.63) is 34.9 Å². The first-order valence-corrected chi connectivity index (χ1v) is 9.05. The number of aryl methyl sites for hydroxylation is 1. The number of hydrogen-bond donors (Lipinski definition) is 0. The predicted molar refractivity (Wildman–Crippen MR) is 93.8 cm³/mol. The molecule has 0 aromatic heterocycles. The van der Waals surface area contributed by atoms with Crippen LogP contribution >= 0.6 is 0 Å². The third-order valence-electron chi connectivity index (χ3n) is 5.94. The number of hydrogen-bond acceptors (Lipinski definition) is 3. The van der Waals surface area contributed by atoms with E-state index in [1.165, 1.54) is 5.57 Å². The molecule has 2 heterocycles. The van der Waals surface area contributed by atoms with Gasteiger partial charge in [0, 0.05) is 23.8 Å². The van der Waals surface area contributed by atoms with Gasteiger partial charge in [0.15, 0.2) is 11.9 Å². The van der Waals surface area contributed by atoms with Crippen molar-refractivity contribution in [1.82, 2.24) is 0 Å². The highest BCUT2D eigenvalue weighted by atomic mass is 16.5. The molecular weight excluding hydrogens is 300 g/mol. The molecule has 1 aromatic rings. The number of carbonyl (C=O) groups excluding carboxylic acids is 1. The highest BCUT2D eigenvalue weighted by molar-refractivity contribution is 5.87. The Labute approximate surface area is 144 Å². The molecule has 4 atom stereocenters. The minimum Gasteiger partial charge on any atom is -0.487 e. The van der Waals surface area contributed by atoms with Crippen LogP contribution in [0.1, 0.15) is 63.5 Å². The Morgan fingerprint density at radius 1 is 1.33 bits per heavy atom. The van der Waals surface area contributed by atoms with E-state index in [0.717, 1.165) is 41.9 Å². The van der Waals surface area contributed by atoms with Crippen molar-refractivity contribution in [3.63, 3.8) is 0 Å². The first-order chi connectivity index (χ1) is 11.4. The Kier molecular flexibility index (Phi) is 3.52. The summed E-state index contributed by atoms with van der Waals surface area (Å²) in [4.78, 5) is 12.4. The molecule has 128 valence electrons. The van der Waals surface area contributed by atoms with Gasteiger partial charge in [-0.15, -0.1) is 0 Å². The smallest absolute Gasteiger partial charge is 0.173 e. The van der Waals surface area contributed by atoms with E-state index in [1.54, 1.807) is 0 Å². The van der Waals surface area contributed by atoms with Gasteiger partial charge in [-0.3, -0.25) is 4.79 Å². The van der Waals surface area contributed by atoms with Crippen molar-refractivity contribution >= 4 is 5.78 Å². The maximum Gasteiger partial charge on any atom is 0.173 e. The molecule has 1 aliphatic carbocycles. The second-order valence-electron chi connectivity index (χ2n) is 8.09. The van der Waals surface area contributed by atoms with E-state index < -0.39 is 0 Å². The standard InChI is InChI=1S/C21H26O3/c1-12(2)6-5-9-21(4)14-7-8-15(22)20-18(14)19-16(23-20)10-13(3)11-17(19)24-21/h6,10-11,14,18,20H,5,7-9H2,1-4H3/t14-,18+,20+,21+/m1/s1. The van der Waals surface area contributed by atoms with Crippen molar-refractivity contribution < 1.29 is 14.3 Å². The summed E-state index contributed by atoms with van der Waals surface area (Å²) in [6.45, 7) is 8.55. The third kappa shape index (κ3) is 2.28. The first-order valence-electron chi connectivity index (χ1n) is 9.05. The van der Waals surface area contributed by atoms with E-state index in [9.17, 15) is 4.79 Å². The number of benzene rings is 1. The fraction of sp³-hybridized carbons (Fsp3) is 0.571. The average molecular weight is 326 g/mol. The number of ketones is 1. The zero-order chi connectivity index (χ0) is 17.1. The van der Waals surface area contributed by atoms with E-state index in [1.807, 2.05) is 0 Å². The average Bonchev–Trinajstić information content (AvgIpc) is 2.86. The molecule has 4 rings (SSSR count). The highest BCUT2D eigenvalue weighted by Crippen LogP contribution is 2.59. The lowest BCUT2D eigenvalue weighted by molar-refractivity contribution is -0.133. The van der Waals surface area contributed by atoms with E-state index in [2.05, 4.69) is 45.9 Å². The van der Waals surface area contributed by atoms with Crippen molar-refractivity contribution in [3.8, 4) is 11.5 Å². The molecule has 3 aliphatic rings. The maximum atomic E-state index is 12.4. The van der Waals surface area contributed by atoms with E-state index >= 15 is 0 Å². The quantitative estimate of drug-likeness (QED) is 0.754. The molecule has 24 heavy (non-hydrogen) atoms.